The van der Waals surface area contributed by atoms with Crippen LogP contribution >= 0.6 is 11.5 Å². The van der Waals surface area contributed by atoms with E-state index in [9.17, 15) is 4.79 Å². The van der Waals surface area contributed by atoms with Gasteiger partial charge in [-0.25, -0.2) is 4.98 Å². The lowest BCUT2D eigenvalue weighted by molar-refractivity contribution is 0.102. The number of hydrogen-bond donors (Lipinski definition) is 2. The molecule has 0 spiro atoms. The van der Waals surface area contributed by atoms with Crippen molar-refractivity contribution >= 4 is 28.3 Å². The van der Waals surface area contributed by atoms with Gasteiger partial charge in [0.15, 0.2) is 0 Å². The molecular weight excluding hydrogens is 252 g/mol. The number of aromatic nitrogens is 4. The fourth-order valence-electron chi connectivity index (χ4n) is 1.21. The van der Waals surface area contributed by atoms with E-state index in [2.05, 4.69) is 30.2 Å². The summed E-state index contributed by atoms with van der Waals surface area (Å²) >= 11 is 1.11. The SMILES string of the molecule is CCCNc1cncc(C(=O)Nc2cnns2)n1. The molecule has 0 saturated heterocycles. The van der Waals surface area contributed by atoms with Gasteiger partial charge in [0.1, 0.15) is 16.5 Å². The van der Waals surface area contributed by atoms with Crippen LogP contribution in [-0.2, 0) is 0 Å². The largest absolute Gasteiger partial charge is 0.369 e. The van der Waals surface area contributed by atoms with E-state index in [1.165, 1.54) is 12.4 Å². The van der Waals surface area contributed by atoms with Crippen molar-refractivity contribution in [2.24, 2.45) is 0 Å². The molecule has 0 unspecified atom stereocenters. The van der Waals surface area contributed by atoms with Crippen molar-refractivity contribution in [2.45, 2.75) is 13.3 Å². The van der Waals surface area contributed by atoms with E-state index in [4.69, 9.17) is 0 Å². The number of hydrogen-bond acceptors (Lipinski definition) is 7. The summed E-state index contributed by atoms with van der Waals surface area (Å²) < 4.78 is 3.66. The van der Waals surface area contributed by atoms with Gasteiger partial charge in [0.25, 0.3) is 5.91 Å². The third-order valence-electron chi connectivity index (χ3n) is 2.02. The summed E-state index contributed by atoms with van der Waals surface area (Å²) in [6.07, 6.45) is 5.46. The third kappa shape index (κ3) is 3.20. The van der Waals surface area contributed by atoms with Crippen molar-refractivity contribution < 1.29 is 4.79 Å². The molecule has 18 heavy (non-hydrogen) atoms. The average molecular weight is 264 g/mol. The van der Waals surface area contributed by atoms with Crippen LogP contribution in [0.2, 0.25) is 0 Å². The molecule has 0 aromatic carbocycles. The van der Waals surface area contributed by atoms with E-state index in [0.717, 1.165) is 24.5 Å². The van der Waals surface area contributed by atoms with Crippen LogP contribution in [0.15, 0.2) is 18.6 Å². The molecular formula is C10H12N6OS. The topological polar surface area (TPSA) is 92.7 Å². The van der Waals surface area contributed by atoms with Crippen molar-refractivity contribution in [1.29, 1.82) is 0 Å². The Bertz CT molecular complexity index is 515. The van der Waals surface area contributed by atoms with Gasteiger partial charge < -0.3 is 10.6 Å². The standard InChI is InChI=1S/C10H12N6OS/c1-2-3-12-8-5-11-4-7(14-8)10(17)15-9-6-13-16-18-9/h4-6H,2-3H2,1H3,(H,12,14)(H,15,17). The number of carbonyl (C=O) groups is 1. The Morgan fingerprint density at radius 1 is 1.39 bits per heavy atom. The van der Waals surface area contributed by atoms with Gasteiger partial charge in [-0.05, 0) is 6.42 Å². The Morgan fingerprint density at radius 2 is 2.28 bits per heavy atom. The van der Waals surface area contributed by atoms with Gasteiger partial charge in [-0.2, -0.15) is 0 Å². The molecule has 0 saturated carbocycles. The minimum Gasteiger partial charge on any atom is -0.369 e. The number of anilines is 2. The minimum absolute atomic E-state index is 0.254. The number of nitrogens with zero attached hydrogens (tertiary/aromatic N) is 4. The maximum atomic E-state index is 11.8. The van der Waals surface area contributed by atoms with Gasteiger partial charge in [-0.1, -0.05) is 11.4 Å². The summed E-state index contributed by atoms with van der Waals surface area (Å²) in [6.45, 7) is 2.84. The number of amides is 1. The van der Waals surface area contributed by atoms with Crippen molar-refractivity contribution in [2.75, 3.05) is 17.2 Å². The maximum absolute atomic E-state index is 11.8. The quantitative estimate of drug-likeness (QED) is 0.848. The van der Waals surface area contributed by atoms with Crippen molar-refractivity contribution in [3.8, 4) is 0 Å². The molecule has 0 aliphatic heterocycles. The molecule has 1 amide bonds. The van der Waals surface area contributed by atoms with Crippen LogP contribution in [0, 0.1) is 0 Å². The first-order valence-corrected chi connectivity index (χ1v) is 6.21. The summed E-state index contributed by atoms with van der Waals surface area (Å²) in [5, 5.41) is 9.93. The molecule has 0 aliphatic rings. The Kier molecular flexibility index (Phi) is 4.13. The Labute approximate surface area is 108 Å². The normalized spacial score (nSPS) is 10.1. The molecule has 0 atom stereocenters. The van der Waals surface area contributed by atoms with Crippen molar-refractivity contribution in [3.05, 3.63) is 24.3 Å². The van der Waals surface area contributed by atoms with E-state index < -0.39 is 0 Å². The van der Waals surface area contributed by atoms with Gasteiger partial charge in [-0.3, -0.25) is 9.78 Å². The first-order chi connectivity index (χ1) is 8.79. The van der Waals surface area contributed by atoms with Crippen LogP contribution in [-0.4, -0.2) is 32.0 Å². The second-order valence-electron chi connectivity index (χ2n) is 3.45. The number of nitrogens with one attached hydrogen (secondary N) is 2. The van der Waals surface area contributed by atoms with Crippen LogP contribution in [0.5, 0.6) is 0 Å². The molecule has 0 bridgehead atoms. The Hall–Kier alpha value is -2.09. The second kappa shape index (κ2) is 6.01. The predicted octanol–water partition coefficient (Wildman–Crippen LogP) is 1.40. The van der Waals surface area contributed by atoms with Crippen LogP contribution in [0.4, 0.5) is 10.8 Å². The van der Waals surface area contributed by atoms with Gasteiger partial charge in [0.2, 0.25) is 0 Å². The molecule has 2 rings (SSSR count). The van der Waals surface area contributed by atoms with Crippen LogP contribution in [0.3, 0.4) is 0 Å². The number of rotatable bonds is 5. The smallest absolute Gasteiger partial charge is 0.276 e. The molecule has 2 aromatic heterocycles. The Morgan fingerprint density at radius 3 is 3.00 bits per heavy atom. The zero-order chi connectivity index (χ0) is 12.8. The second-order valence-corrected chi connectivity index (χ2v) is 4.24. The lowest BCUT2D eigenvalue weighted by Crippen LogP contribution is -2.14. The first kappa shape index (κ1) is 12.4. The van der Waals surface area contributed by atoms with E-state index in [1.807, 2.05) is 6.92 Å². The predicted molar refractivity (Wildman–Crippen MR) is 68.7 cm³/mol. The first-order valence-electron chi connectivity index (χ1n) is 5.44. The fourth-order valence-corrected chi connectivity index (χ4v) is 1.63. The Balaban J connectivity index is 2.05. The highest BCUT2D eigenvalue weighted by molar-refractivity contribution is 7.10. The van der Waals surface area contributed by atoms with Gasteiger partial charge >= 0.3 is 0 Å². The number of carbonyl (C=O) groups excluding carboxylic acids is 1. The van der Waals surface area contributed by atoms with Crippen LogP contribution in [0.25, 0.3) is 0 Å². The summed E-state index contributed by atoms with van der Waals surface area (Å²) in [5.41, 5.74) is 0.254. The van der Waals surface area contributed by atoms with Gasteiger partial charge in [0, 0.05) is 18.1 Å². The fraction of sp³-hybridized carbons (Fsp3) is 0.300. The average Bonchev–Trinajstić information content (AvgIpc) is 2.89. The van der Waals surface area contributed by atoms with Gasteiger partial charge in [-0.15, -0.1) is 5.10 Å². The van der Waals surface area contributed by atoms with E-state index in [-0.39, 0.29) is 11.6 Å². The lowest BCUT2D eigenvalue weighted by atomic mass is 10.4. The summed E-state index contributed by atoms with van der Waals surface area (Å²) in [7, 11) is 0. The minimum atomic E-state index is -0.325. The highest BCUT2D eigenvalue weighted by Gasteiger charge is 2.10. The maximum Gasteiger partial charge on any atom is 0.276 e. The van der Waals surface area contributed by atoms with Crippen LogP contribution in [0.1, 0.15) is 23.8 Å². The molecule has 0 fully saturated rings. The van der Waals surface area contributed by atoms with Crippen molar-refractivity contribution in [1.82, 2.24) is 19.6 Å². The van der Waals surface area contributed by atoms with E-state index in [1.54, 1.807) is 6.20 Å². The van der Waals surface area contributed by atoms with Crippen LogP contribution < -0.4 is 10.6 Å². The molecule has 94 valence electrons. The highest BCUT2D eigenvalue weighted by atomic mass is 32.1. The summed E-state index contributed by atoms with van der Waals surface area (Å²) in [6, 6.07) is 0. The monoisotopic (exact) mass is 264 g/mol. The molecule has 0 radical (unpaired) electrons. The highest BCUT2D eigenvalue weighted by Crippen LogP contribution is 2.11. The molecule has 2 aromatic rings. The van der Waals surface area contributed by atoms with E-state index in [0.29, 0.717) is 10.8 Å². The third-order valence-corrected chi connectivity index (χ3v) is 2.60. The van der Waals surface area contributed by atoms with Gasteiger partial charge in [0.05, 0.1) is 18.6 Å². The molecule has 2 N–H and O–H groups in total. The summed E-state index contributed by atoms with van der Waals surface area (Å²) in [5.74, 6) is 0.264. The molecule has 7 nitrogen and oxygen atoms in total. The molecule has 2 heterocycles. The molecule has 0 aliphatic carbocycles. The zero-order valence-electron chi connectivity index (χ0n) is 9.75. The molecule has 8 heteroatoms. The van der Waals surface area contributed by atoms with E-state index >= 15 is 0 Å². The summed E-state index contributed by atoms with van der Waals surface area (Å²) in [4.78, 5) is 20.0. The zero-order valence-corrected chi connectivity index (χ0v) is 10.6. The lowest BCUT2D eigenvalue weighted by Gasteiger charge is -2.05. The van der Waals surface area contributed by atoms with Crippen molar-refractivity contribution in [3.63, 3.8) is 0 Å².